The van der Waals surface area contributed by atoms with Gasteiger partial charge in [0.1, 0.15) is 5.70 Å². The minimum atomic E-state index is -0.487. The van der Waals surface area contributed by atoms with Crippen molar-refractivity contribution in [3.05, 3.63) is 81.0 Å². The molecule has 8 nitrogen and oxygen atoms in total. The molecule has 2 aliphatic rings. The van der Waals surface area contributed by atoms with Crippen molar-refractivity contribution in [1.82, 2.24) is 9.80 Å². The molecule has 2 heterocycles. The third-order valence-corrected chi connectivity index (χ3v) is 5.69. The van der Waals surface area contributed by atoms with Crippen LogP contribution in [0.25, 0.3) is 5.57 Å². The highest BCUT2D eigenvalue weighted by Gasteiger charge is 2.41. The smallest absolute Gasteiger partial charge is 0.277 e. The van der Waals surface area contributed by atoms with Crippen LogP contribution in [0.2, 0.25) is 0 Å². The Kier molecular flexibility index (Phi) is 5.81. The van der Waals surface area contributed by atoms with E-state index in [1.165, 1.54) is 34.7 Å². The highest BCUT2D eigenvalue weighted by atomic mass is 16.6. The maximum Gasteiger partial charge on any atom is 0.277 e. The number of nitro groups is 1. The van der Waals surface area contributed by atoms with Crippen LogP contribution in [-0.4, -0.2) is 53.3 Å². The van der Waals surface area contributed by atoms with Gasteiger partial charge in [0.25, 0.3) is 17.5 Å². The molecule has 0 bridgehead atoms. The van der Waals surface area contributed by atoms with Crippen LogP contribution in [0, 0.1) is 10.1 Å². The van der Waals surface area contributed by atoms with Crippen LogP contribution in [0.1, 0.15) is 23.1 Å². The summed E-state index contributed by atoms with van der Waals surface area (Å²) in [5.41, 5.74) is 3.48. The van der Waals surface area contributed by atoms with E-state index in [2.05, 4.69) is 6.07 Å². The molecule has 2 aromatic carbocycles. The molecule has 31 heavy (non-hydrogen) atoms. The number of rotatable bonds is 7. The Morgan fingerprint density at radius 1 is 1.03 bits per heavy atom. The summed E-state index contributed by atoms with van der Waals surface area (Å²) in [6, 6.07) is 13.9. The summed E-state index contributed by atoms with van der Waals surface area (Å²) in [4.78, 5) is 40.4. The third-order valence-electron chi connectivity index (χ3n) is 5.69. The van der Waals surface area contributed by atoms with Gasteiger partial charge in [0.05, 0.1) is 10.5 Å². The molecule has 2 aliphatic heterocycles. The van der Waals surface area contributed by atoms with Crippen LogP contribution in [0.5, 0.6) is 0 Å². The van der Waals surface area contributed by atoms with Crippen molar-refractivity contribution in [2.75, 3.05) is 26.8 Å². The average molecular weight is 421 g/mol. The van der Waals surface area contributed by atoms with Crippen LogP contribution in [0.3, 0.4) is 0 Å². The van der Waals surface area contributed by atoms with Gasteiger partial charge in [0.15, 0.2) is 0 Å². The predicted molar refractivity (Wildman–Crippen MR) is 114 cm³/mol. The van der Waals surface area contributed by atoms with Crippen molar-refractivity contribution in [2.45, 2.75) is 19.4 Å². The van der Waals surface area contributed by atoms with E-state index < -0.39 is 4.92 Å². The Labute approximate surface area is 179 Å². The van der Waals surface area contributed by atoms with E-state index in [4.69, 9.17) is 4.74 Å². The zero-order chi connectivity index (χ0) is 22.0. The number of amides is 2. The molecule has 0 atom stereocenters. The van der Waals surface area contributed by atoms with Gasteiger partial charge in [-0.15, -0.1) is 0 Å². The Bertz CT molecular complexity index is 1060. The normalized spacial score (nSPS) is 16.2. The van der Waals surface area contributed by atoms with E-state index in [-0.39, 0.29) is 24.0 Å². The molecule has 160 valence electrons. The lowest BCUT2D eigenvalue weighted by molar-refractivity contribution is -0.384. The number of hydrogen-bond donors (Lipinski definition) is 0. The van der Waals surface area contributed by atoms with E-state index in [1.807, 2.05) is 23.1 Å². The van der Waals surface area contributed by atoms with Crippen LogP contribution in [0.4, 0.5) is 5.69 Å². The Morgan fingerprint density at radius 3 is 2.42 bits per heavy atom. The lowest BCUT2D eigenvalue weighted by atomic mass is 9.98. The summed E-state index contributed by atoms with van der Waals surface area (Å²) in [7, 11) is 1.57. The fourth-order valence-corrected chi connectivity index (χ4v) is 4.12. The maximum atomic E-state index is 13.3. The first-order valence-corrected chi connectivity index (χ1v) is 10.2. The number of hydrogen-bond acceptors (Lipinski definition) is 6. The van der Waals surface area contributed by atoms with Gasteiger partial charge < -0.3 is 9.64 Å². The molecular formula is C23H23N3O5. The molecule has 0 N–H and O–H groups in total. The number of fused-ring (bicyclic) bond motifs is 1. The van der Waals surface area contributed by atoms with E-state index in [0.717, 1.165) is 12.0 Å². The van der Waals surface area contributed by atoms with Crippen LogP contribution >= 0.6 is 0 Å². The number of carbonyl (C=O) groups is 2. The average Bonchev–Trinajstić information content (AvgIpc) is 3.03. The number of non-ortho nitro benzene ring substituents is 1. The molecule has 0 fully saturated rings. The summed E-state index contributed by atoms with van der Waals surface area (Å²) in [5, 5.41) is 11.0. The molecule has 0 radical (unpaired) electrons. The van der Waals surface area contributed by atoms with E-state index >= 15 is 0 Å². The number of methoxy groups -OCH3 is 1. The largest absolute Gasteiger partial charge is 0.385 e. The third kappa shape index (κ3) is 3.94. The van der Waals surface area contributed by atoms with Crippen molar-refractivity contribution >= 4 is 23.1 Å². The number of nitrogens with zero attached hydrogens (tertiary/aromatic N) is 3. The Morgan fingerprint density at radius 2 is 1.74 bits per heavy atom. The fraction of sp³-hybridized carbons (Fsp3) is 0.304. The molecule has 2 aromatic rings. The Hall–Kier alpha value is -3.52. The SMILES string of the molecule is COCCCN1C(=O)C(c2ccc([N+](=O)[O-])cc2)=C(N2CCc3ccccc3C2)C1=O. The zero-order valence-corrected chi connectivity index (χ0v) is 17.2. The van der Waals surface area contributed by atoms with Gasteiger partial charge >= 0.3 is 0 Å². The molecule has 8 heteroatoms. The molecule has 0 saturated heterocycles. The molecule has 0 aliphatic carbocycles. The second kappa shape index (κ2) is 8.69. The van der Waals surface area contributed by atoms with Crippen LogP contribution in [0.15, 0.2) is 54.2 Å². The summed E-state index contributed by atoms with van der Waals surface area (Å²) in [6.07, 6.45) is 1.32. The summed E-state index contributed by atoms with van der Waals surface area (Å²) in [6.45, 7) is 1.85. The van der Waals surface area contributed by atoms with Crippen molar-refractivity contribution in [3.8, 4) is 0 Å². The molecule has 2 amide bonds. The van der Waals surface area contributed by atoms with Gasteiger partial charge in [0.2, 0.25) is 0 Å². The van der Waals surface area contributed by atoms with E-state index in [9.17, 15) is 19.7 Å². The summed E-state index contributed by atoms with van der Waals surface area (Å²) in [5.74, 6) is -0.697. The van der Waals surface area contributed by atoms with Crippen molar-refractivity contribution in [2.24, 2.45) is 0 Å². The number of nitro benzene ring substituents is 1. The standard InChI is InChI=1S/C23H23N3O5/c1-31-14-4-12-25-22(27)20(17-7-9-19(10-8-17)26(29)30)21(23(25)28)24-13-11-16-5-2-3-6-18(16)15-24/h2-3,5-10H,4,11-15H2,1H3. The quantitative estimate of drug-likeness (QED) is 0.295. The number of benzene rings is 2. The minimum Gasteiger partial charge on any atom is -0.385 e. The second-order valence-electron chi connectivity index (χ2n) is 7.58. The Balaban J connectivity index is 1.73. The van der Waals surface area contributed by atoms with E-state index in [0.29, 0.717) is 43.0 Å². The van der Waals surface area contributed by atoms with Crippen molar-refractivity contribution in [3.63, 3.8) is 0 Å². The second-order valence-corrected chi connectivity index (χ2v) is 7.58. The molecule has 0 saturated carbocycles. The van der Waals surface area contributed by atoms with Crippen molar-refractivity contribution in [1.29, 1.82) is 0 Å². The predicted octanol–water partition coefficient (Wildman–Crippen LogP) is 2.77. The first-order valence-electron chi connectivity index (χ1n) is 10.2. The van der Waals surface area contributed by atoms with Gasteiger partial charge in [0, 0.05) is 45.5 Å². The molecule has 0 aromatic heterocycles. The maximum absolute atomic E-state index is 13.3. The zero-order valence-electron chi connectivity index (χ0n) is 17.2. The highest BCUT2D eigenvalue weighted by molar-refractivity contribution is 6.35. The van der Waals surface area contributed by atoms with Crippen LogP contribution < -0.4 is 0 Å². The lowest BCUT2D eigenvalue weighted by Gasteiger charge is -2.31. The first kappa shape index (κ1) is 20.7. The van der Waals surface area contributed by atoms with Gasteiger partial charge in [-0.2, -0.15) is 0 Å². The summed E-state index contributed by atoms with van der Waals surface area (Å²) >= 11 is 0. The molecule has 0 unspecified atom stereocenters. The first-order chi connectivity index (χ1) is 15.0. The number of ether oxygens (including phenoxy) is 1. The lowest BCUT2D eigenvalue weighted by Crippen LogP contribution is -2.38. The molecule has 0 spiro atoms. The number of imide groups is 1. The molecular weight excluding hydrogens is 398 g/mol. The molecule has 4 rings (SSSR count). The fourth-order valence-electron chi connectivity index (χ4n) is 4.12. The number of carbonyl (C=O) groups excluding carboxylic acids is 2. The topological polar surface area (TPSA) is 93.0 Å². The summed E-state index contributed by atoms with van der Waals surface area (Å²) < 4.78 is 5.06. The highest BCUT2D eigenvalue weighted by Crippen LogP contribution is 2.35. The monoisotopic (exact) mass is 421 g/mol. The minimum absolute atomic E-state index is 0.0634. The van der Waals surface area contributed by atoms with Gasteiger partial charge in [-0.3, -0.25) is 24.6 Å². The van der Waals surface area contributed by atoms with Crippen molar-refractivity contribution < 1.29 is 19.2 Å². The van der Waals surface area contributed by atoms with Gasteiger partial charge in [-0.1, -0.05) is 24.3 Å². The van der Waals surface area contributed by atoms with E-state index in [1.54, 1.807) is 7.11 Å². The van der Waals surface area contributed by atoms with Gasteiger partial charge in [-0.25, -0.2) is 0 Å². The van der Waals surface area contributed by atoms with Gasteiger partial charge in [-0.05, 0) is 41.7 Å². The van der Waals surface area contributed by atoms with Crippen LogP contribution in [-0.2, 0) is 27.3 Å².